The summed E-state index contributed by atoms with van der Waals surface area (Å²) in [5, 5.41) is 5.75. The summed E-state index contributed by atoms with van der Waals surface area (Å²) in [7, 11) is -14.3. The van der Waals surface area contributed by atoms with Crippen molar-refractivity contribution in [2.75, 3.05) is 101 Å². The number of ether oxygens (including phenoxy) is 6. The van der Waals surface area contributed by atoms with Crippen LogP contribution in [0.4, 0.5) is 22.1 Å². The van der Waals surface area contributed by atoms with Gasteiger partial charge in [0.1, 0.15) is 30.6 Å². The number of allylic oxidation sites excluding steroid dienone is 6. The lowest BCUT2D eigenvalue weighted by molar-refractivity contribution is -0.438. The maximum atomic E-state index is 13.2. The molecular formula is C71H104N8O20P3S4+. The first-order valence-electron chi connectivity index (χ1n) is 35.4. The van der Waals surface area contributed by atoms with Crippen LogP contribution in [-0.2, 0) is 96.3 Å². The summed E-state index contributed by atoms with van der Waals surface area (Å²) >= 11 is 5.24. The molecule has 0 bridgehead atoms. The van der Waals surface area contributed by atoms with E-state index in [0.717, 1.165) is 51.6 Å². The Morgan fingerprint density at radius 2 is 1.59 bits per heavy atom. The van der Waals surface area contributed by atoms with Gasteiger partial charge in [-0.05, 0) is 115 Å². The summed E-state index contributed by atoms with van der Waals surface area (Å²) in [6, 6.07) is 15.4. The first-order valence-corrected chi connectivity index (χ1v) is 44.9. The number of phosphoric acid groups is 3. The number of aryl methyl sites for hydroxylation is 1. The summed E-state index contributed by atoms with van der Waals surface area (Å²) in [5.74, 6) is 6.30. The molecule has 7 rings (SSSR count). The summed E-state index contributed by atoms with van der Waals surface area (Å²) in [6.45, 7) is 21.6. The van der Waals surface area contributed by atoms with Crippen molar-refractivity contribution in [1.82, 2.24) is 25.2 Å². The van der Waals surface area contributed by atoms with Crippen molar-refractivity contribution in [3.8, 4) is 11.8 Å². The number of phosphoric ester groups is 1. The Kier molecular flexibility index (Phi) is 34.6. The minimum atomic E-state index is -5.78. The third kappa shape index (κ3) is 27.7. The van der Waals surface area contributed by atoms with E-state index in [2.05, 4.69) is 179 Å². The Labute approximate surface area is 635 Å². The van der Waals surface area contributed by atoms with Gasteiger partial charge in [-0.15, -0.1) is 0 Å². The number of nitrogen functional groups attached to an aromatic ring is 1. The summed E-state index contributed by atoms with van der Waals surface area (Å²) < 4.78 is 86.2. The normalized spacial score (nSPS) is 18.8. The molecule has 3 aliphatic rings. The van der Waals surface area contributed by atoms with Crippen molar-refractivity contribution < 1.29 is 93.8 Å². The van der Waals surface area contributed by atoms with Gasteiger partial charge in [-0.3, -0.25) is 23.9 Å². The number of aromatic amines is 1. The first kappa shape index (κ1) is 88.0. The van der Waals surface area contributed by atoms with Crippen LogP contribution in [0.15, 0.2) is 89.5 Å². The number of hydrogen-bond donors (Lipinski definition) is 8. The highest BCUT2D eigenvalue weighted by molar-refractivity contribution is 8.77. The average molecular weight is 1610 g/mol. The van der Waals surface area contributed by atoms with Crippen LogP contribution in [0.3, 0.4) is 0 Å². The van der Waals surface area contributed by atoms with Gasteiger partial charge in [-0.2, -0.15) is 18.2 Å². The zero-order valence-electron chi connectivity index (χ0n) is 61.8. The summed E-state index contributed by atoms with van der Waals surface area (Å²) in [4.78, 5) is 97.5. The van der Waals surface area contributed by atoms with Gasteiger partial charge in [0.15, 0.2) is 11.4 Å². The van der Waals surface area contributed by atoms with Crippen LogP contribution in [0.5, 0.6) is 0 Å². The molecule has 1 fully saturated rings. The Balaban J connectivity index is 0.674. The molecule has 5 heterocycles. The number of rotatable bonds is 46. The van der Waals surface area contributed by atoms with Crippen molar-refractivity contribution in [3.05, 3.63) is 117 Å². The van der Waals surface area contributed by atoms with Gasteiger partial charge >= 0.3 is 29.6 Å². The highest BCUT2D eigenvalue weighted by atomic mass is 33.1. The van der Waals surface area contributed by atoms with Gasteiger partial charge in [0.05, 0.1) is 68.0 Å². The SMILES string of the molecule is CCN1\C(=C/C=C/C=C/C2=[N+](CCCCCC(=O)NCCOCCOCCNC(=O)OCCC(C)(C)SSCOCCCCCCC(=O)CCC#Cc3cn([C@H]4C[C@H](OCS(C)=S)[C@@H](COP(=O)(O)OP(=O)(O)OP(=O)(O)O)O4)c4nc(N)[nH]c(=O)c34)c3ccc(C)cc3C2(C)C)C(C)(C)c2ccccc21. The number of alkyl carbamates (subject to hydrolysis) is 1. The molecule has 6 atom stereocenters. The fourth-order valence-electron chi connectivity index (χ4n) is 12.5. The molecule has 0 spiro atoms. The van der Waals surface area contributed by atoms with Crippen LogP contribution in [0, 0.1) is 18.8 Å². The van der Waals surface area contributed by atoms with E-state index < -0.39 is 69.6 Å². The molecule has 28 nitrogen and oxygen atoms in total. The number of H-pyrrole nitrogens is 1. The second-order valence-corrected chi connectivity index (χ2v) is 37.8. The molecule has 3 unspecified atom stereocenters. The van der Waals surface area contributed by atoms with Gasteiger partial charge in [-0.25, -0.2) is 18.5 Å². The minimum absolute atomic E-state index is 0.0118. The van der Waals surface area contributed by atoms with E-state index in [4.69, 9.17) is 59.7 Å². The third-order valence-electron chi connectivity index (χ3n) is 17.7. The number of anilines is 2. The van der Waals surface area contributed by atoms with Crippen molar-refractivity contribution >= 4 is 118 Å². The van der Waals surface area contributed by atoms with Crippen molar-refractivity contribution in [2.45, 2.75) is 173 Å². The fourth-order valence-corrected chi connectivity index (χ4v) is 18.3. The fraction of sp³-hybridized carbons (Fsp3) is 0.577. The van der Waals surface area contributed by atoms with Gasteiger partial charge in [0.2, 0.25) is 17.5 Å². The van der Waals surface area contributed by atoms with Crippen LogP contribution in [0.1, 0.15) is 160 Å². The Bertz CT molecular complexity index is 4090. The van der Waals surface area contributed by atoms with Gasteiger partial charge in [0, 0.05) is 110 Å². The predicted molar refractivity (Wildman–Crippen MR) is 418 cm³/mol. The number of hydrogen-bond acceptors (Lipinski definition) is 22. The van der Waals surface area contributed by atoms with E-state index in [9.17, 15) is 42.7 Å². The summed E-state index contributed by atoms with van der Waals surface area (Å²) in [6.07, 6.45) is 18.6. The van der Waals surface area contributed by atoms with Crippen LogP contribution >= 0.6 is 45.1 Å². The number of benzene rings is 2. The number of para-hydroxylation sites is 1. The number of likely N-dealkylation sites (N-methyl/N-ethyl adjacent to an activating group) is 1. The summed E-state index contributed by atoms with van der Waals surface area (Å²) in [5.41, 5.74) is 14.4. The zero-order valence-corrected chi connectivity index (χ0v) is 67.7. The highest BCUT2D eigenvalue weighted by Crippen LogP contribution is 2.66. The van der Waals surface area contributed by atoms with Crippen LogP contribution in [0.25, 0.3) is 11.0 Å². The van der Waals surface area contributed by atoms with Gasteiger partial charge in [-0.1, -0.05) is 118 Å². The average Bonchev–Trinajstić information content (AvgIpc) is 1.61. The van der Waals surface area contributed by atoms with E-state index in [0.29, 0.717) is 71.2 Å². The van der Waals surface area contributed by atoms with Gasteiger partial charge < -0.3 is 73.8 Å². The molecule has 2 amide bonds. The predicted octanol–water partition coefficient (Wildman–Crippen LogP) is 11.8. The van der Waals surface area contributed by atoms with E-state index in [1.165, 1.54) is 50.2 Å². The van der Waals surface area contributed by atoms with Crippen LogP contribution in [-0.4, -0.2) is 170 Å². The van der Waals surface area contributed by atoms with E-state index in [1.54, 1.807) is 27.8 Å². The number of nitrogens with one attached hydrogen (secondary N) is 3. The minimum Gasteiger partial charge on any atom is -0.450 e. The van der Waals surface area contributed by atoms with Crippen molar-refractivity contribution in [3.63, 3.8) is 0 Å². The number of aromatic nitrogens is 3. The van der Waals surface area contributed by atoms with E-state index in [1.807, 2.05) is 0 Å². The molecule has 4 aromatic rings. The standard InChI is InChI=1S/C71H103N8O20P3S4/c1-10-77-56-29-22-21-28-54(56)70(5,6)60(77)30-16-13-17-31-61-71(7,8)55-45-51(2)33-34-57(55)78(61)38-23-14-18-32-62(81)73-36-41-91-43-44-92-42-37-74-68(83)94-40-35-69(3,4)105-104-49-93-39-24-12-11-15-26-53(80)27-20-19-25-52-47-79(65-64(52)66(82)76-67(72)75-65)63-46-58(95-50-106(9)103)59(97-63)48-96-101(87,88)99-102(89,90)98-100(84,85)86/h13,16-17,21-22,28-31,33-34,45,47,58-59,63H,10-12,14-15,18,20,23-24,26-27,32,35-44,46,48-50H2,1-9H3,(H8-,72,73,74,75,76,81,82,83,84,85,86,87,88,89,90)/p+1/t58-,59+,63+,106?/m0/s1. The Morgan fingerprint density at radius 3 is 2.33 bits per heavy atom. The molecule has 3 aliphatic heterocycles. The van der Waals surface area contributed by atoms with Crippen LogP contribution in [0.2, 0.25) is 0 Å². The number of carbonyl (C=O) groups is 3. The molecule has 1 saturated heterocycles. The number of carbonyl (C=O) groups excluding carboxylic acids is 3. The van der Waals surface area contributed by atoms with E-state index in [-0.39, 0.29) is 88.2 Å². The number of Topliss-reactive ketones (excluding diaryl/α,β-unsaturated/α-hetero) is 1. The molecule has 106 heavy (non-hydrogen) atoms. The molecule has 9 N–H and O–H groups in total. The number of nitrogens with two attached hydrogens (primary N) is 1. The monoisotopic (exact) mass is 1610 g/mol. The van der Waals surface area contributed by atoms with Gasteiger partial charge in [0.25, 0.3) is 5.56 Å². The number of amides is 2. The second kappa shape index (κ2) is 41.7. The maximum absolute atomic E-state index is 13.2. The number of fused-ring (bicyclic) bond motifs is 3. The number of nitrogens with zero attached hydrogens (tertiary/aromatic N) is 4. The maximum Gasteiger partial charge on any atom is 0.490 e. The molecule has 0 radical (unpaired) electrons. The largest absolute Gasteiger partial charge is 0.490 e. The molecule has 35 heteroatoms. The molecule has 586 valence electrons. The van der Waals surface area contributed by atoms with Crippen LogP contribution < -0.4 is 26.8 Å². The number of unbranched alkanes of at least 4 members (excludes halogenated alkanes) is 5. The topological polar surface area (TPSA) is 373 Å². The van der Waals surface area contributed by atoms with Crippen molar-refractivity contribution in [2.24, 2.45) is 0 Å². The molecule has 0 saturated carbocycles. The Morgan fingerprint density at radius 1 is 0.877 bits per heavy atom. The first-order chi connectivity index (χ1) is 50.2. The van der Waals surface area contributed by atoms with E-state index >= 15 is 0 Å². The number of ketones is 1. The molecule has 2 aromatic carbocycles. The second-order valence-electron chi connectivity index (χ2n) is 27.3. The smallest absolute Gasteiger partial charge is 0.450 e. The molecule has 0 aliphatic carbocycles. The lowest BCUT2D eigenvalue weighted by atomic mass is 9.81. The third-order valence-corrected chi connectivity index (χ3v) is 25.3. The highest BCUT2D eigenvalue weighted by Gasteiger charge is 2.46. The van der Waals surface area contributed by atoms with Crippen molar-refractivity contribution in [1.29, 1.82) is 0 Å². The molecular weight excluding hydrogens is 1510 g/mol. The lowest BCUT2D eigenvalue weighted by Gasteiger charge is -2.25. The lowest BCUT2D eigenvalue weighted by Crippen LogP contribution is -2.30. The Hall–Kier alpha value is -5.20. The molecule has 2 aromatic heterocycles. The zero-order chi connectivity index (χ0) is 77.3. The quantitative estimate of drug-likeness (QED) is 0.00387.